The maximum absolute atomic E-state index is 12.7. The molecule has 0 unspecified atom stereocenters. The Morgan fingerprint density at radius 2 is 2.33 bits per heavy atom. The molecule has 15 heavy (non-hydrogen) atoms. The molecule has 0 aliphatic carbocycles. The maximum atomic E-state index is 12.7. The number of methoxy groups -OCH3 is 1. The first-order chi connectivity index (χ1) is 7.15. The van der Waals surface area contributed by atoms with Crippen LogP contribution in [-0.2, 0) is 5.88 Å². The summed E-state index contributed by atoms with van der Waals surface area (Å²) in [6, 6.07) is 1.64. The van der Waals surface area contributed by atoms with Crippen molar-refractivity contribution < 1.29 is 13.5 Å². The predicted molar refractivity (Wildman–Crippen MR) is 50.0 cm³/mol. The standard InChI is InChI=1S/C9H7ClF2N2O/c1-15-8-6(2-10)14-4-5(3-13)7(8)9(11)12/h4,9H,2H2,1H3. The van der Waals surface area contributed by atoms with Crippen LogP contribution < -0.4 is 4.74 Å². The molecule has 1 aromatic heterocycles. The molecule has 0 radical (unpaired) electrons. The maximum Gasteiger partial charge on any atom is 0.268 e. The molecule has 0 bridgehead atoms. The number of pyridine rings is 1. The molecule has 0 N–H and O–H groups in total. The zero-order chi connectivity index (χ0) is 11.4. The van der Waals surface area contributed by atoms with Crippen LogP contribution in [-0.4, -0.2) is 12.1 Å². The highest BCUT2D eigenvalue weighted by atomic mass is 35.5. The van der Waals surface area contributed by atoms with Crippen molar-refractivity contribution >= 4 is 11.6 Å². The van der Waals surface area contributed by atoms with Gasteiger partial charge >= 0.3 is 0 Å². The lowest BCUT2D eigenvalue weighted by Gasteiger charge is -2.11. The highest BCUT2D eigenvalue weighted by Gasteiger charge is 2.22. The number of alkyl halides is 3. The molecule has 0 spiro atoms. The Morgan fingerprint density at radius 3 is 2.73 bits per heavy atom. The summed E-state index contributed by atoms with van der Waals surface area (Å²) < 4.78 is 30.1. The predicted octanol–water partition coefficient (Wildman–Crippen LogP) is 2.64. The molecule has 0 saturated carbocycles. The minimum absolute atomic E-state index is 0.0470. The summed E-state index contributed by atoms with van der Waals surface area (Å²) in [6.07, 6.45) is -1.72. The van der Waals surface area contributed by atoms with Gasteiger partial charge in [-0.25, -0.2) is 8.78 Å². The Bertz CT molecular complexity index is 404. The van der Waals surface area contributed by atoms with Crippen LogP contribution in [0.5, 0.6) is 5.75 Å². The van der Waals surface area contributed by atoms with E-state index in [1.807, 2.05) is 0 Å². The van der Waals surface area contributed by atoms with E-state index >= 15 is 0 Å². The fraction of sp³-hybridized carbons (Fsp3) is 0.333. The molecule has 0 fully saturated rings. The number of halogens is 3. The van der Waals surface area contributed by atoms with Gasteiger partial charge in [0.05, 0.1) is 29.8 Å². The third-order valence-electron chi connectivity index (χ3n) is 1.82. The number of nitrogens with zero attached hydrogens (tertiary/aromatic N) is 2. The average Bonchev–Trinajstić information content (AvgIpc) is 2.26. The van der Waals surface area contributed by atoms with E-state index in [9.17, 15) is 8.78 Å². The first-order valence-electron chi connectivity index (χ1n) is 3.95. The molecule has 0 aromatic carbocycles. The van der Waals surface area contributed by atoms with Crippen LogP contribution in [0.15, 0.2) is 6.20 Å². The summed E-state index contributed by atoms with van der Waals surface area (Å²) in [5, 5.41) is 8.64. The molecule has 0 saturated heterocycles. The van der Waals surface area contributed by atoms with E-state index in [4.69, 9.17) is 21.6 Å². The molecule has 0 aliphatic heterocycles. The summed E-state index contributed by atoms with van der Waals surface area (Å²) in [5.74, 6) is -0.159. The molecule has 6 heteroatoms. The van der Waals surface area contributed by atoms with Crippen molar-refractivity contribution in [3.63, 3.8) is 0 Å². The summed E-state index contributed by atoms with van der Waals surface area (Å²) in [5.41, 5.74) is -0.449. The first-order valence-corrected chi connectivity index (χ1v) is 4.49. The molecular weight excluding hydrogens is 226 g/mol. The van der Waals surface area contributed by atoms with Crippen LogP contribution in [0.4, 0.5) is 8.78 Å². The number of ether oxygens (including phenoxy) is 1. The van der Waals surface area contributed by atoms with E-state index in [0.717, 1.165) is 6.20 Å². The largest absolute Gasteiger partial charge is 0.494 e. The number of aromatic nitrogens is 1. The number of hydrogen-bond donors (Lipinski definition) is 0. The van der Waals surface area contributed by atoms with Gasteiger partial charge in [0.25, 0.3) is 6.43 Å². The number of hydrogen-bond acceptors (Lipinski definition) is 3. The van der Waals surface area contributed by atoms with E-state index < -0.39 is 12.0 Å². The fourth-order valence-electron chi connectivity index (χ4n) is 1.18. The Labute approximate surface area is 90.3 Å². The Kier molecular flexibility index (Phi) is 3.81. The van der Waals surface area contributed by atoms with Crippen molar-refractivity contribution in [2.24, 2.45) is 0 Å². The smallest absolute Gasteiger partial charge is 0.268 e. The van der Waals surface area contributed by atoms with Crippen LogP contribution in [0, 0.1) is 11.3 Å². The lowest BCUT2D eigenvalue weighted by molar-refractivity contribution is 0.146. The van der Waals surface area contributed by atoms with Gasteiger partial charge in [-0.3, -0.25) is 4.98 Å². The van der Waals surface area contributed by atoms with Gasteiger partial charge in [-0.2, -0.15) is 5.26 Å². The van der Waals surface area contributed by atoms with Gasteiger partial charge in [0.2, 0.25) is 0 Å². The van der Waals surface area contributed by atoms with E-state index in [1.54, 1.807) is 6.07 Å². The van der Waals surface area contributed by atoms with Crippen LogP contribution in [0.25, 0.3) is 0 Å². The van der Waals surface area contributed by atoms with E-state index in [2.05, 4.69) is 4.98 Å². The topological polar surface area (TPSA) is 45.9 Å². The van der Waals surface area contributed by atoms with Gasteiger partial charge in [0, 0.05) is 6.20 Å². The quantitative estimate of drug-likeness (QED) is 0.753. The van der Waals surface area contributed by atoms with E-state index in [0.29, 0.717) is 0 Å². The SMILES string of the molecule is COc1c(CCl)ncc(C#N)c1C(F)F. The van der Waals surface area contributed by atoms with Crippen LogP contribution in [0.1, 0.15) is 23.2 Å². The van der Waals surface area contributed by atoms with E-state index in [-0.39, 0.29) is 22.9 Å². The van der Waals surface area contributed by atoms with Gasteiger partial charge in [0.15, 0.2) is 5.75 Å². The first kappa shape index (κ1) is 11.7. The Balaban J connectivity index is 3.46. The normalized spacial score (nSPS) is 10.1. The Morgan fingerprint density at radius 1 is 1.67 bits per heavy atom. The van der Waals surface area contributed by atoms with Gasteiger partial charge in [0.1, 0.15) is 6.07 Å². The minimum atomic E-state index is -2.79. The second-order valence-electron chi connectivity index (χ2n) is 2.61. The average molecular weight is 233 g/mol. The molecular formula is C9H7ClF2N2O. The van der Waals surface area contributed by atoms with E-state index in [1.165, 1.54) is 7.11 Å². The third-order valence-corrected chi connectivity index (χ3v) is 2.07. The molecule has 1 rings (SSSR count). The molecule has 1 heterocycles. The lowest BCUT2D eigenvalue weighted by Crippen LogP contribution is -2.02. The zero-order valence-corrected chi connectivity index (χ0v) is 8.55. The lowest BCUT2D eigenvalue weighted by atomic mass is 10.1. The highest BCUT2D eigenvalue weighted by molar-refractivity contribution is 6.17. The second-order valence-corrected chi connectivity index (χ2v) is 2.88. The molecule has 0 amide bonds. The van der Waals surface area contributed by atoms with Crippen molar-refractivity contribution in [1.82, 2.24) is 4.98 Å². The summed E-state index contributed by atoms with van der Waals surface area (Å²) in [4.78, 5) is 3.77. The molecule has 0 atom stereocenters. The monoisotopic (exact) mass is 232 g/mol. The second kappa shape index (κ2) is 4.89. The van der Waals surface area contributed by atoms with Crippen molar-refractivity contribution in [2.75, 3.05) is 7.11 Å². The highest BCUT2D eigenvalue weighted by Crippen LogP contribution is 2.34. The third kappa shape index (κ3) is 2.16. The Hall–Kier alpha value is -1.41. The number of rotatable bonds is 3. The summed E-state index contributed by atoms with van der Waals surface area (Å²) in [6.45, 7) is 0. The summed E-state index contributed by atoms with van der Waals surface area (Å²) in [7, 11) is 1.24. The van der Waals surface area contributed by atoms with Crippen LogP contribution in [0.3, 0.4) is 0 Å². The van der Waals surface area contributed by atoms with Gasteiger partial charge in [-0.15, -0.1) is 11.6 Å². The van der Waals surface area contributed by atoms with Crippen LogP contribution >= 0.6 is 11.6 Å². The van der Waals surface area contributed by atoms with Gasteiger partial charge in [-0.05, 0) is 0 Å². The van der Waals surface area contributed by atoms with Gasteiger partial charge in [-0.1, -0.05) is 0 Å². The van der Waals surface area contributed by atoms with Crippen molar-refractivity contribution in [3.05, 3.63) is 23.0 Å². The number of nitriles is 1. The van der Waals surface area contributed by atoms with Crippen LogP contribution in [0.2, 0.25) is 0 Å². The summed E-state index contributed by atoms with van der Waals surface area (Å²) >= 11 is 5.51. The molecule has 3 nitrogen and oxygen atoms in total. The van der Waals surface area contributed by atoms with Crippen molar-refractivity contribution in [1.29, 1.82) is 5.26 Å². The molecule has 0 aliphatic rings. The van der Waals surface area contributed by atoms with Crippen molar-refractivity contribution in [2.45, 2.75) is 12.3 Å². The fourth-order valence-corrected chi connectivity index (χ4v) is 1.37. The van der Waals surface area contributed by atoms with Gasteiger partial charge < -0.3 is 4.74 Å². The molecule has 80 valence electrons. The minimum Gasteiger partial charge on any atom is -0.494 e. The zero-order valence-electron chi connectivity index (χ0n) is 7.80. The van der Waals surface area contributed by atoms with Crippen molar-refractivity contribution in [3.8, 4) is 11.8 Å². The molecule has 1 aromatic rings.